The summed E-state index contributed by atoms with van der Waals surface area (Å²) < 4.78 is 43.5. The van der Waals surface area contributed by atoms with Gasteiger partial charge in [0.15, 0.2) is 12.3 Å². The SMILES string of the molecule is CC(C)n1nccc1C(=O)NC(C(=O)Nc1ccc(CC(=O)N2CC(F)C(F)C2)cc1F)C(C1CC1)C1CC1. The van der Waals surface area contributed by atoms with Crippen LogP contribution in [0.25, 0.3) is 0 Å². The Labute approximate surface area is 225 Å². The number of halogens is 3. The number of carbonyl (C=O) groups is 3. The first kappa shape index (κ1) is 27.2. The topological polar surface area (TPSA) is 96.3 Å². The predicted octanol–water partition coefficient (Wildman–Crippen LogP) is 3.84. The fraction of sp³-hybridized carbons (Fsp3) is 0.571. The number of nitrogens with one attached hydrogen (secondary N) is 2. The molecule has 3 aliphatic rings. The number of nitrogens with zero attached hydrogens (tertiary/aromatic N) is 3. The van der Waals surface area contributed by atoms with Crippen LogP contribution in [-0.4, -0.2) is 63.9 Å². The van der Waals surface area contributed by atoms with Crippen molar-refractivity contribution in [2.75, 3.05) is 18.4 Å². The second-order valence-corrected chi connectivity index (χ2v) is 11.3. The van der Waals surface area contributed by atoms with Crippen molar-refractivity contribution < 1.29 is 27.6 Å². The van der Waals surface area contributed by atoms with Crippen LogP contribution in [0, 0.1) is 23.6 Å². The molecule has 2 N–H and O–H groups in total. The van der Waals surface area contributed by atoms with Gasteiger partial charge in [0.1, 0.15) is 17.6 Å². The Hall–Kier alpha value is -3.37. The summed E-state index contributed by atoms with van der Waals surface area (Å²) in [4.78, 5) is 40.3. The molecule has 3 unspecified atom stereocenters. The molecule has 1 aromatic heterocycles. The Bertz CT molecular complexity index is 1220. The van der Waals surface area contributed by atoms with Crippen LogP contribution < -0.4 is 10.6 Å². The number of hydrogen-bond acceptors (Lipinski definition) is 4. The van der Waals surface area contributed by atoms with Gasteiger partial charge >= 0.3 is 0 Å². The summed E-state index contributed by atoms with van der Waals surface area (Å²) in [6.45, 7) is 3.19. The first-order valence-corrected chi connectivity index (χ1v) is 13.6. The van der Waals surface area contributed by atoms with Crippen molar-refractivity contribution in [1.29, 1.82) is 0 Å². The van der Waals surface area contributed by atoms with Crippen molar-refractivity contribution in [3.63, 3.8) is 0 Å². The van der Waals surface area contributed by atoms with Crippen molar-refractivity contribution in [3.8, 4) is 0 Å². The quantitative estimate of drug-likeness (QED) is 0.474. The molecule has 1 saturated heterocycles. The minimum Gasteiger partial charge on any atom is -0.339 e. The van der Waals surface area contributed by atoms with Crippen LogP contribution in [0.2, 0.25) is 0 Å². The number of carbonyl (C=O) groups excluding carboxylic acids is 3. The Morgan fingerprint density at radius 2 is 1.67 bits per heavy atom. The van der Waals surface area contributed by atoms with Gasteiger partial charge in [-0.2, -0.15) is 5.10 Å². The Balaban J connectivity index is 1.29. The van der Waals surface area contributed by atoms with Gasteiger partial charge in [-0.25, -0.2) is 13.2 Å². The molecule has 2 saturated carbocycles. The van der Waals surface area contributed by atoms with E-state index in [1.807, 2.05) is 13.8 Å². The smallest absolute Gasteiger partial charge is 0.270 e. The zero-order valence-electron chi connectivity index (χ0n) is 22.1. The highest BCUT2D eigenvalue weighted by Crippen LogP contribution is 2.51. The number of amides is 3. The zero-order valence-corrected chi connectivity index (χ0v) is 22.1. The minimum atomic E-state index is -1.71. The van der Waals surface area contributed by atoms with E-state index in [1.165, 1.54) is 12.1 Å². The average Bonchev–Trinajstić information content (AvgIpc) is 3.82. The minimum absolute atomic E-state index is 0.0385. The zero-order chi connectivity index (χ0) is 27.8. The van der Waals surface area contributed by atoms with Crippen LogP contribution in [0.5, 0.6) is 0 Å². The molecule has 2 aliphatic carbocycles. The van der Waals surface area contributed by atoms with E-state index in [1.54, 1.807) is 16.9 Å². The van der Waals surface area contributed by atoms with Gasteiger partial charge in [0.2, 0.25) is 11.8 Å². The molecule has 1 aliphatic heterocycles. The summed E-state index contributed by atoms with van der Waals surface area (Å²) in [5.74, 6) is -1.50. The molecule has 0 bridgehead atoms. The normalized spacial score (nSPS) is 21.9. The van der Waals surface area contributed by atoms with Gasteiger partial charge in [-0.3, -0.25) is 19.1 Å². The Morgan fingerprint density at radius 3 is 2.23 bits per heavy atom. The molecule has 8 nitrogen and oxygen atoms in total. The lowest BCUT2D eigenvalue weighted by Gasteiger charge is -2.28. The lowest BCUT2D eigenvalue weighted by Crippen LogP contribution is -2.50. The van der Waals surface area contributed by atoms with E-state index >= 15 is 4.39 Å². The number of aromatic nitrogens is 2. The highest BCUT2D eigenvalue weighted by atomic mass is 19.2. The molecule has 210 valence electrons. The molecule has 5 rings (SSSR count). The van der Waals surface area contributed by atoms with Crippen LogP contribution in [-0.2, 0) is 16.0 Å². The highest BCUT2D eigenvalue weighted by Gasteiger charge is 2.48. The van der Waals surface area contributed by atoms with E-state index in [0.717, 1.165) is 36.6 Å². The summed E-state index contributed by atoms with van der Waals surface area (Å²) in [5, 5.41) is 9.78. The predicted molar refractivity (Wildman–Crippen MR) is 138 cm³/mol. The van der Waals surface area contributed by atoms with Crippen LogP contribution in [0.4, 0.5) is 18.9 Å². The third-order valence-electron chi connectivity index (χ3n) is 7.86. The second kappa shape index (κ2) is 11.0. The summed E-state index contributed by atoms with van der Waals surface area (Å²) in [6, 6.07) is 4.73. The molecular formula is C28H34F3N5O3. The van der Waals surface area contributed by atoms with Crippen molar-refractivity contribution >= 4 is 23.4 Å². The van der Waals surface area contributed by atoms with Gasteiger partial charge in [-0.15, -0.1) is 0 Å². The lowest BCUT2D eigenvalue weighted by molar-refractivity contribution is -0.129. The molecule has 2 aromatic rings. The van der Waals surface area contributed by atoms with E-state index in [2.05, 4.69) is 15.7 Å². The van der Waals surface area contributed by atoms with Gasteiger partial charge in [0.25, 0.3) is 5.91 Å². The Kier molecular flexibility index (Phi) is 7.68. The second-order valence-electron chi connectivity index (χ2n) is 11.3. The number of hydrogen-bond donors (Lipinski definition) is 2. The van der Waals surface area contributed by atoms with Crippen molar-refractivity contribution in [2.45, 2.75) is 70.4 Å². The highest BCUT2D eigenvalue weighted by molar-refractivity contribution is 6.01. The number of rotatable bonds is 10. The van der Waals surface area contributed by atoms with E-state index in [9.17, 15) is 23.2 Å². The first-order chi connectivity index (χ1) is 18.6. The van der Waals surface area contributed by atoms with Crippen LogP contribution in [0.15, 0.2) is 30.5 Å². The van der Waals surface area contributed by atoms with Crippen molar-refractivity contribution in [1.82, 2.24) is 20.0 Å². The maximum Gasteiger partial charge on any atom is 0.270 e. The third kappa shape index (κ3) is 6.12. The molecule has 0 spiro atoms. The van der Waals surface area contributed by atoms with E-state index in [-0.39, 0.29) is 37.2 Å². The van der Waals surface area contributed by atoms with Gasteiger partial charge in [0, 0.05) is 12.2 Å². The summed E-state index contributed by atoms with van der Waals surface area (Å²) in [6.07, 6.45) is 1.88. The summed E-state index contributed by atoms with van der Waals surface area (Å²) >= 11 is 0. The van der Waals surface area contributed by atoms with Crippen LogP contribution in [0.1, 0.15) is 61.6 Å². The van der Waals surface area contributed by atoms with E-state index < -0.39 is 41.9 Å². The van der Waals surface area contributed by atoms with Gasteiger partial charge in [-0.05, 0) is 81.0 Å². The maximum atomic E-state index is 15.0. The van der Waals surface area contributed by atoms with Crippen molar-refractivity contribution in [3.05, 3.63) is 47.5 Å². The molecule has 39 heavy (non-hydrogen) atoms. The monoisotopic (exact) mass is 545 g/mol. The summed E-state index contributed by atoms with van der Waals surface area (Å²) in [7, 11) is 0. The largest absolute Gasteiger partial charge is 0.339 e. The van der Waals surface area contributed by atoms with E-state index in [0.29, 0.717) is 23.1 Å². The molecule has 3 atom stereocenters. The first-order valence-electron chi connectivity index (χ1n) is 13.6. The molecular weight excluding hydrogens is 511 g/mol. The Morgan fingerprint density at radius 1 is 1.03 bits per heavy atom. The molecule has 2 heterocycles. The number of likely N-dealkylation sites (tertiary alicyclic amines) is 1. The number of benzene rings is 1. The van der Waals surface area contributed by atoms with E-state index in [4.69, 9.17) is 0 Å². The van der Waals surface area contributed by atoms with Crippen molar-refractivity contribution in [2.24, 2.45) is 17.8 Å². The van der Waals surface area contributed by atoms with Crippen LogP contribution in [0.3, 0.4) is 0 Å². The van der Waals surface area contributed by atoms with Gasteiger partial charge in [-0.1, -0.05) is 6.07 Å². The number of anilines is 1. The lowest BCUT2D eigenvalue weighted by atomic mass is 9.88. The summed E-state index contributed by atoms with van der Waals surface area (Å²) in [5.41, 5.74) is 0.611. The molecule has 3 amide bonds. The average molecular weight is 546 g/mol. The van der Waals surface area contributed by atoms with Crippen LogP contribution >= 0.6 is 0 Å². The number of alkyl halides is 2. The fourth-order valence-electron chi connectivity index (χ4n) is 5.54. The molecule has 3 fully saturated rings. The van der Waals surface area contributed by atoms with Gasteiger partial charge < -0.3 is 15.5 Å². The fourth-order valence-corrected chi connectivity index (χ4v) is 5.54. The molecule has 1 aromatic carbocycles. The molecule has 11 heteroatoms. The third-order valence-corrected chi connectivity index (χ3v) is 7.86. The van der Waals surface area contributed by atoms with Gasteiger partial charge in [0.05, 0.1) is 25.2 Å². The maximum absolute atomic E-state index is 15.0. The molecule has 0 radical (unpaired) electrons. The standard InChI is InChI=1S/C28H34F3N5O3/c1-15(2)36-23(9-10-32-36)27(38)34-26(25(17-4-5-17)18-6-7-18)28(39)33-22-8-3-16(11-19(22)29)12-24(37)35-13-20(30)21(31)14-35/h3,8-11,15,17-18,20-21,25-26H,4-7,12-14H2,1-2H3,(H,33,39)(H,34,38).